The minimum Gasteiger partial charge on any atom is -0.325 e. The molecule has 1 aliphatic carbocycles. The largest absolute Gasteiger partial charge is 0.325 e. The van der Waals surface area contributed by atoms with Crippen molar-refractivity contribution in [3.05, 3.63) is 29.6 Å². The van der Waals surface area contributed by atoms with Gasteiger partial charge in [-0.15, -0.1) is 0 Å². The zero-order chi connectivity index (χ0) is 12.4. The van der Waals surface area contributed by atoms with Crippen molar-refractivity contribution in [2.24, 2.45) is 0 Å². The van der Waals surface area contributed by atoms with Crippen LogP contribution in [0.2, 0.25) is 0 Å². The van der Waals surface area contributed by atoms with Crippen molar-refractivity contribution in [3.8, 4) is 0 Å². The van der Waals surface area contributed by atoms with Gasteiger partial charge in [0.2, 0.25) is 5.91 Å². The SMILES string of the molecule is O=C(CNC1CC1)Nc1cc(F)c(F)c(F)c1. The Balaban J connectivity index is 1.95. The number of carbonyl (C=O) groups is 1. The zero-order valence-electron chi connectivity index (χ0n) is 8.90. The number of amides is 1. The van der Waals surface area contributed by atoms with Gasteiger partial charge in [-0.2, -0.15) is 0 Å². The summed E-state index contributed by atoms with van der Waals surface area (Å²) in [4.78, 5) is 11.3. The average Bonchev–Trinajstić information content (AvgIpc) is 3.07. The summed E-state index contributed by atoms with van der Waals surface area (Å²) in [5, 5.41) is 5.23. The van der Waals surface area contributed by atoms with Gasteiger partial charge < -0.3 is 10.6 Å². The van der Waals surface area contributed by atoms with E-state index in [4.69, 9.17) is 0 Å². The first-order valence-corrected chi connectivity index (χ1v) is 5.24. The maximum absolute atomic E-state index is 12.8. The van der Waals surface area contributed by atoms with Crippen molar-refractivity contribution in [2.75, 3.05) is 11.9 Å². The van der Waals surface area contributed by atoms with Crippen LogP contribution in [-0.2, 0) is 4.79 Å². The van der Waals surface area contributed by atoms with Crippen LogP contribution >= 0.6 is 0 Å². The zero-order valence-corrected chi connectivity index (χ0v) is 8.90. The number of halogens is 3. The normalized spacial score (nSPS) is 14.8. The Morgan fingerprint density at radius 1 is 1.24 bits per heavy atom. The molecule has 6 heteroatoms. The Kier molecular flexibility index (Phi) is 3.33. The molecule has 1 saturated carbocycles. The van der Waals surface area contributed by atoms with Crippen LogP contribution in [0.5, 0.6) is 0 Å². The highest BCUT2D eigenvalue weighted by Crippen LogP contribution is 2.19. The molecule has 2 N–H and O–H groups in total. The minimum absolute atomic E-state index is 0.0747. The van der Waals surface area contributed by atoms with Gasteiger partial charge in [0.1, 0.15) is 0 Å². The summed E-state index contributed by atoms with van der Waals surface area (Å²) in [7, 11) is 0. The first kappa shape index (κ1) is 11.9. The van der Waals surface area contributed by atoms with Gasteiger partial charge in [0, 0.05) is 23.9 Å². The van der Waals surface area contributed by atoms with Gasteiger partial charge in [-0.1, -0.05) is 0 Å². The second-order valence-electron chi connectivity index (χ2n) is 3.96. The number of anilines is 1. The van der Waals surface area contributed by atoms with Gasteiger partial charge in [0.05, 0.1) is 6.54 Å². The summed E-state index contributed by atoms with van der Waals surface area (Å²) in [6.07, 6.45) is 2.07. The van der Waals surface area contributed by atoms with Crippen LogP contribution in [0.15, 0.2) is 12.1 Å². The molecule has 1 fully saturated rings. The van der Waals surface area contributed by atoms with Gasteiger partial charge >= 0.3 is 0 Å². The number of benzene rings is 1. The van der Waals surface area contributed by atoms with E-state index in [-0.39, 0.29) is 12.2 Å². The molecule has 2 rings (SSSR count). The number of carbonyl (C=O) groups excluding carboxylic acids is 1. The molecule has 1 aromatic carbocycles. The summed E-state index contributed by atoms with van der Waals surface area (Å²) >= 11 is 0. The first-order valence-electron chi connectivity index (χ1n) is 5.24. The molecule has 3 nitrogen and oxygen atoms in total. The van der Waals surface area contributed by atoms with Gasteiger partial charge in [0.15, 0.2) is 17.5 Å². The third kappa shape index (κ3) is 3.20. The summed E-state index contributed by atoms with van der Waals surface area (Å²) in [6.45, 7) is 0.0747. The van der Waals surface area contributed by atoms with Crippen molar-refractivity contribution in [1.29, 1.82) is 0 Å². The molecule has 1 amide bonds. The molecule has 1 aliphatic rings. The molecular formula is C11H11F3N2O. The second-order valence-corrected chi connectivity index (χ2v) is 3.96. The lowest BCUT2D eigenvalue weighted by molar-refractivity contribution is -0.115. The molecule has 0 atom stereocenters. The predicted octanol–water partition coefficient (Wildman–Crippen LogP) is 1.79. The monoisotopic (exact) mass is 244 g/mol. The fourth-order valence-corrected chi connectivity index (χ4v) is 1.36. The van der Waals surface area contributed by atoms with E-state index in [1.54, 1.807) is 0 Å². The van der Waals surface area contributed by atoms with Gasteiger partial charge in [0.25, 0.3) is 0 Å². The molecule has 0 unspecified atom stereocenters. The fraction of sp³-hybridized carbons (Fsp3) is 0.364. The highest BCUT2D eigenvalue weighted by molar-refractivity contribution is 5.92. The lowest BCUT2D eigenvalue weighted by atomic mass is 10.3. The van der Waals surface area contributed by atoms with Crippen molar-refractivity contribution < 1.29 is 18.0 Å². The minimum atomic E-state index is -1.54. The lowest BCUT2D eigenvalue weighted by Gasteiger charge is -2.06. The van der Waals surface area contributed by atoms with Crippen LogP contribution in [0.1, 0.15) is 12.8 Å². The van der Waals surface area contributed by atoms with Crippen molar-refractivity contribution >= 4 is 11.6 Å². The number of rotatable bonds is 4. The van der Waals surface area contributed by atoms with E-state index in [0.29, 0.717) is 6.04 Å². The number of hydrogen-bond donors (Lipinski definition) is 2. The maximum Gasteiger partial charge on any atom is 0.238 e. The van der Waals surface area contributed by atoms with E-state index >= 15 is 0 Å². The molecule has 92 valence electrons. The summed E-state index contributed by atoms with van der Waals surface area (Å²) in [5.74, 6) is -4.60. The fourth-order valence-electron chi connectivity index (χ4n) is 1.36. The van der Waals surface area contributed by atoms with Gasteiger partial charge in [-0.3, -0.25) is 4.79 Å². The molecule has 0 aliphatic heterocycles. The quantitative estimate of drug-likeness (QED) is 0.793. The number of nitrogens with one attached hydrogen (secondary N) is 2. The molecule has 1 aromatic rings. The van der Waals surface area contributed by atoms with Crippen LogP contribution in [0.4, 0.5) is 18.9 Å². The summed E-state index contributed by atoms with van der Waals surface area (Å²) < 4.78 is 38.3. The van der Waals surface area contributed by atoms with Gasteiger partial charge in [-0.05, 0) is 12.8 Å². The lowest BCUT2D eigenvalue weighted by Crippen LogP contribution is -2.29. The average molecular weight is 244 g/mol. The molecule has 0 radical (unpaired) electrons. The first-order chi connectivity index (χ1) is 8.06. The van der Waals surface area contributed by atoms with E-state index in [1.807, 2.05) is 0 Å². The van der Waals surface area contributed by atoms with Crippen LogP contribution in [0.3, 0.4) is 0 Å². The Morgan fingerprint density at radius 2 is 1.82 bits per heavy atom. The molecule has 17 heavy (non-hydrogen) atoms. The highest BCUT2D eigenvalue weighted by atomic mass is 19.2. The van der Waals surface area contributed by atoms with Crippen LogP contribution < -0.4 is 10.6 Å². The Hall–Kier alpha value is -1.56. The van der Waals surface area contributed by atoms with Crippen molar-refractivity contribution in [1.82, 2.24) is 5.32 Å². The van der Waals surface area contributed by atoms with Crippen LogP contribution in [-0.4, -0.2) is 18.5 Å². The van der Waals surface area contributed by atoms with E-state index < -0.39 is 23.4 Å². The highest BCUT2D eigenvalue weighted by Gasteiger charge is 2.21. The van der Waals surface area contributed by atoms with Crippen LogP contribution in [0, 0.1) is 17.5 Å². The molecular weight excluding hydrogens is 233 g/mol. The van der Waals surface area contributed by atoms with Crippen LogP contribution in [0.25, 0.3) is 0 Å². The molecule has 0 spiro atoms. The third-order valence-corrected chi connectivity index (χ3v) is 2.40. The van der Waals surface area contributed by atoms with Crippen molar-refractivity contribution in [2.45, 2.75) is 18.9 Å². The summed E-state index contributed by atoms with van der Waals surface area (Å²) in [5.41, 5.74) is -0.0935. The standard InChI is InChI=1S/C11H11F3N2O/c12-8-3-7(4-9(13)11(8)14)16-10(17)5-15-6-1-2-6/h3-4,6,15H,1-2,5H2,(H,16,17). The summed E-state index contributed by atoms with van der Waals surface area (Å²) in [6, 6.07) is 1.85. The van der Waals surface area contributed by atoms with E-state index in [1.165, 1.54) is 0 Å². The topological polar surface area (TPSA) is 41.1 Å². The Bertz CT molecular complexity index is 423. The number of hydrogen-bond acceptors (Lipinski definition) is 2. The van der Waals surface area contributed by atoms with Crippen molar-refractivity contribution in [3.63, 3.8) is 0 Å². The molecule has 0 aromatic heterocycles. The third-order valence-electron chi connectivity index (χ3n) is 2.40. The Morgan fingerprint density at radius 3 is 2.35 bits per heavy atom. The maximum atomic E-state index is 12.8. The van der Waals surface area contributed by atoms with E-state index in [2.05, 4.69) is 10.6 Å². The smallest absolute Gasteiger partial charge is 0.238 e. The van der Waals surface area contributed by atoms with E-state index in [9.17, 15) is 18.0 Å². The molecule has 0 bridgehead atoms. The predicted molar refractivity (Wildman–Crippen MR) is 56.0 cm³/mol. The Labute approximate surface area is 96.0 Å². The van der Waals surface area contributed by atoms with Gasteiger partial charge in [-0.25, -0.2) is 13.2 Å². The van der Waals surface area contributed by atoms with E-state index in [0.717, 1.165) is 25.0 Å². The second kappa shape index (κ2) is 4.75. The molecule has 0 heterocycles. The molecule has 0 saturated heterocycles.